The van der Waals surface area contributed by atoms with Crippen molar-refractivity contribution < 1.29 is 19.0 Å². The number of nitrogens with zero attached hydrogens (tertiary/aromatic N) is 3. The number of hydrogen-bond donors (Lipinski definition) is 1. The average molecular weight is 423 g/mol. The molecular formula is C18H16Cl2N4O4. The number of amides is 1. The van der Waals surface area contributed by atoms with Gasteiger partial charge in [-0.3, -0.25) is 4.79 Å². The fourth-order valence-corrected chi connectivity index (χ4v) is 3.34. The minimum absolute atomic E-state index is 0.190. The highest BCUT2D eigenvalue weighted by Crippen LogP contribution is 2.46. The van der Waals surface area contributed by atoms with Crippen molar-refractivity contribution in [2.24, 2.45) is 0 Å². The third-order valence-electron chi connectivity index (χ3n) is 3.95. The van der Waals surface area contributed by atoms with E-state index < -0.39 is 0 Å². The Bertz CT molecular complexity index is 1020. The van der Waals surface area contributed by atoms with Gasteiger partial charge in [-0.05, 0) is 6.07 Å². The third-order valence-corrected chi connectivity index (χ3v) is 4.70. The molecule has 0 spiro atoms. The second kappa shape index (κ2) is 8.45. The molecule has 0 saturated heterocycles. The monoisotopic (exact) mass is 422 g/mol. The van der Waals surface area contributed by atoms with Crippen LogP contribution < -0.4 is 19.5 Å². The fraction of sp³-hybridized carbons (Fsp3) is 0.222. The molecule has 2 aromatic heterocycles. The van der Waals surface area contributed by atoms with Crippen LogP contribution in [0.5, 0.6) is 17.4 Å². The smallest absolute Gasteiger partial charge is 0.241 e. The lowest BCUT2D eigenvalue weighted by Crippen LogP contribution is -2.12. The third kappa shape index (κ3) is 3.61. The molecule has 0 radical (unpaired) electrons. The molecule has 0 unspecified atom stereocenters. The summed E-state index contributed by atoms with van der Waals surface area (Å²) in [4.78, 5) is 23.6. The first-order valence-corrected chi connectivity index (χ1v) is 8.77. The van der Waals surface area contributed by atoms with Crippen molar-refractivity contribution in [3.63, 3.8) is 0 Å². The number of ether oxygens (including phenoxy) is 3. The first-order valence-electron chi connectivity index (χ1n) is 8.02. The number of carbonyl (C=O) groups excluding carboxylic acids is 1. The molecule has 0 saturated carbocycles. The number of aromatic nitrogens is 3. The average Bonchev–Trinajstić information content (AvgIpc) is 2.72. The summed E-state index contributed by atoms with van der Waals surface area (Å²) < 4.78 is 16.0. The lowest BCUT2D eigenvalue weighted by molar-refractivity contribution is -0.109. The highest BCUT2D eigenvalue weighted by molar-refractivity contribution is 6.41. The number of methoxy groups -OCH3 is 3. The zero-order chi connectivity index (χ0) is 20.3. The maximum atomic E-state index is 10.5. The molecule has 2 heterocycles. The number of fused-ring (bicyclic) bond motifs is 1. The molecule has 3 aromatic rings. The lowest BCUT2D eigenvalue weighted by atomic mass is 10.1. The number of halogens is 2. The number of nitrogens with one attached hydrogen (secondary N) is 1. The lowest BCUT2D eigenvalue weighted by Gasteiger charge is -2.15. The summed E-state index contributed by atoms with van der Waals surface area (Å²) in [5.41, 5.74) is 1.37. The number of rotatable bonds is 7. The molecule has 0 aliphatic rings. The molecule has 1 aromatic carbocycles. The van der Waals surface area contributed by atoms with E-state index >= 15 is 0 Å². The molecule has 28 heavy (non-hydrogen) atoms. The number of pyridine rings is 1. The molecule has 0 aliphatic heterocycles. The summed E-state index contributed by atoms with van der Waals surface area (Å²) in [7, 11) is 4.47. The molecule has 0 atom stereocenters. The van der Waals surface area contributed by atoms with Gasteiger partial charge in [0.15, 0.2) is 0 Å². The number of benzene rings is 1. The largest absolute Gasteiger partial charge is 0.495 e. The second-order valence-electron chi connectivity index (χ2n) is 5.52. The van der Waals surface area contributed by atoms with Gasteiger partial charge in [0.25, 0.3) is 0 Å². The van der Waals surface area contributed by atoms with Gasteiger partial charge in [0.05, 0.1) is 43.6 Å². The van der Waals surface area contributed by atoms with Crippen LogP contribution >= 0.6 is 23.2 Å². The first-order chi connectivity index (χ1) is 13.5. The van der Waals surface area contributed by atoms with Gasteiger partial charge >= 0.3 is 0 Å². The van der Waals surface area contributed by atoms with Crippen molar-refractivity contribution in [3.8, 4) is 28.6 Å². The molecule has 3 rings (SSSR count). The molecule has 1 N–H and O–H groups in total. The van der Waals surface area contributed by atoms with Gasteiger partial charge in [0.1, 0.15) is 22.8 Å². The number of hydrogen-bond acceptors (Lipinski definition) is 7. The van der Waals surface area contributed by atoms with E-state index in [0.29, 0.717) is 45.9 Å². The summed E-state index contributed by atoms with van der Waals surface area (Å²) >= 11 is 13.0. The van der Waals surface area contributed by atoms with E-state index in [0.717, 1.165) is 0 Å². The molecular weight excluding hydrogens is 407 g/mol. The van der Waals surface area contributed by atoms with Gasteiger partial charge in [-0.25, -0.2) is 15.0 Å². The van der Waals surface area contributed by atoms with E-state index in [2.05, 4.69) is 20.3 Å². The summed E-state index contributed by atoms with van der Waals surface area (Å²) in [6, 6.07) is 3.34. The van der Waals surface area contributed by atoms with Crippen LogP contribution in [0, 0.1) is 0 Å². The Kier molecular flexibility index (Phi) is 6.01. The van der Waals surface area contributed by atoms with Crippen LogP contribution in [0.4, 0.5) is 0 Å². The standard InChI is InChI=1S/C18H16Cl2N4O4/c1-26-11-5-12(27-2)16(20)14(15(11)19)10-4-9-6-22-13(7-21-8-25)24-17(9)18(23-10)28-3/h4-6,8H,7H2,1-3H3,(H,21,25). The van der Waals surface area contributed by atoms with Crippen molar-refractivity contribution in [2.75, 3.05) is 21.3 Å². The van der Waals surface area contributed by atoms with Crippen LogP contribution in [0.15, 0.2) is 18.3 Å². The maximum absolute atomic E-state index is 10.5. The Morgan fingerprint density at radius 2 is 1.71 bits per heavy atom. The van der Waals surface area contributed by atoms with Crippen LogP contribution in [0.25, 0.3) is 22.2 Å². The van der Waals surface area contributed by atoms with E-state index in [1.807, 2.05) is 0 Å². The minimum Gasteiger partial charge on any atom is -0.495 e. The highest BCUT2D eigenvalue weighted by atomic mass is 35.5. The maximum Gasteiger partial charge on any atom is 0.241 e. The molecule has 0 bridgehead atoms. The van der Waals surface area contributed by atoms with Gasteiger partial charge in [-0.15, -0.1) is 0 Å². The summed E-state index contributed by atoms with van der Waals surface area (Å²) in [6.07, 6.45) is 2.18. The van der Waals surface area contributed by atoms with Crippen LogP contribution in [0.3, 0.4) is 0 Å². The molecule has 10 heteroatoms. The zero-order valence-electron chi connectivity index (χ0n) is 15.2. The van der Waals surface area contributed by atoms with Crippen LogP contribution in [-0.2, 0) is 11.3 Å². The molecule has 146 valence electrons. The van der Waals surface area contributed by atoms with Gasteiger partial charge in [0.2, 0.25) is 12.3 Å². The molecule has 0 fully saturated rings. The SMILES string of the molecule is COc1cc(OC)c(Cl)c(-c2cc3cnc(CNC=O)nc3c(OC)n2)c1Cl. The quantitative estimate of drug-likeness (QED) is 0.583. The first kappa shape index (κ1) is 19.9. The summed E-state index contributed by atoms with van der Waals surface area (Å²) in [5.74, 6) is 1.47. The van der Waals surface area contributed by atoms with E-state index in [-0.39, 0.29) is 22.5 Å². The van der Waals surface area contributed by atoms with Crippen molar-refractivity contribution in [1.82, 2.24) is 20.3 Å². The van der Waals surface area contributed by atoms with Crippen molar-refractivity contribution in [2.45, 2.75) is 6.54 Å². The zero-order valence-corrected chi connectivity index (χ0v) is 16.8. The van der Waals surface area contributed by atoms with E-state index in [1.165, 1.54) is 21.3 Å². The Morgan fingerprint density at radius 3 is 2.29 bits per heavy atom. The van der Waals surface area contributed by atoms with Crippen LogP contribution in [-0.4, -0.2) is 42.7 Å². The van der Waals surface area contributed by atoms with Crippen LogP contribution in [0.1, 0.15) is 5.82 Å². The Balaban J connectivity index is 2.23. The summed E-state index contributed by atoms with van der Waals surface area (Å²) in [6.45, 7) is 0.190. The minimum atomic E-state index is 0.190. The Morgan fingerprint density at radius 1 is 1.04 bits per heavy atom. The molecule has 0 aliphatic carbocycles. The second-order valence-corrected chi connectivity index (χ2v) is 6.28. The van der Waals surface area contributed by atoms with Crippen molar-refractivity contribution in [1.29, 1.82) is 0 Å². The van der Waals surface area contributed by atoms with Gasteiger partial charge in [0, 0.05) is 23.2 Å². The van der Waals surface area contributed by atoms with Gasteiger partial charge in [-0.2, -0.15) is 0 Å². The van der Waals surface area contributed by atoms with Crippen molar-refractivity contribution >= 4 is 40.5 Å². The van der Waals surface area contributed by atoms with Crippen LogP contribution in [0.2, 0.25) is 10.0 Å². The Hall–Kier alpha value is -2.84. The van der Waals surface area contributed by atoms with Gasteiger partial charge in [-0.1, -0.05) is 23.2 Å². The highest BCUT2D eigenvalue weighted by Gasteiger charge is 2.21. The van der Waals surface area contributed by atoms with E-state index in [9.17, 15) is 4.79 Å². The predicted molar refractivity (Wildman–Crippen MR) is 105 cm³/mol. The Labute approximate surface area is 170 Å². The molecule has 8 nitrogen and oxygen atoms in total. The normalized spacial score (nSPS) is 10.6. The van der Waals surface area contributed by atoms with E-state index in [1.54, 1.807) is 18.3 Å². The van der Waals surface area contributed by atoms with Gasteiger partial charge < -0.3 is 19.5 Å². The van der Waals surface area contributed by atoms with Crippen molar-refractivity contribution in [3.05, 3.63) is 34.2 Å². The predicted octanol–water partition coefficient (Wildman–Crippen LogP) is 3.27. The molecule has 1 amide bonds. The number of carbonyl (C=O) groups is 1. The van der Waals surface area contributed by atoms with E-state index in [4.69, 9.17) is 37.4 Å². The topological polar surface area (TPSA) is 95.5 Å². The fourth-order valence-electron chi connectivity index (χ4n) is 2.65. The summed E-state index contributed by atoms with van der Waals surface area (Å²) in [5, 5.41) is 3.75.